The highest BCUT2D eigenvalue weighted by atomic mass is 79.9. The molecule has 0 unspecified atom stereocenters. The summed E-state index contributed by atoms with van der Waals surface area (Å²) in [6, 6.07) is 1.95. The molecule has 0 amide bonds. The standard InChI is InChI=1S/C11H14BrNO3/c1-7-3-8(4-13-11(7)12)16-10-6-15-5-9(10)14-2/h3-4,9-10H,5-6H2,1-2H3/t9-,10-/m0/s1. The van der Waals surface area contributed by atoms with Crippen molar-refractivity contribution in [1.82, 2.24) is 4.98 Å². The van der Waals surface area contributed by atoms with E-state index in [0.717, 1.165) is 15.9 Å². The first kappa shape index (κ1) is 11.8. The fourth-order valence-electron chi connectivity index (χ4n) is 1.62. The first-order chi connectivity index (χ1) is 7.70. The van der Waals surface area contributed by atoms with Crippen LogP contribution >= 0.6 is 15.9 Å². The molecule has 0 radical (unpaired) electrons. The largest absolute Gasteiger partial charge is 0.484 e. The predicted octanol–water partition coefficient (Wildman–Crippen LogP) is 1.95. The Morgan fingerprint density at radius 2 is 2.19 bits per heavy atom. The molecule has 1 aliphatic heterocycles. The van der Waals surface area contributed by atoms with Crippen molar-refractivity contribution in [1.29, 1.82) is 0 Å². The van der Waals surface area contributed by atoms with Crippen LogP contribution in [0.5, 0.6) is 5.75 Å². The maximum Gasteiger partial charge on any atom is 0.150 e. The fourth-order valence-corrected chi connectivity index (χ4v) is 1.83. The van der Waals surface area contributed by atoms with E-state index in [9.17, 15) is 0 Å². The third kappa shape index (κ3) is 2.53. The smallest absolute Gasteiger partial charge is 0.150 e. The van der Waals surface area contributed by atoms with E-state index >= 15 is 0 Å². The maximum absolute atomic E-state index is 5.78. The first-order valence-electron chi connectivity index (χ1n) is 5.10. The Bertz CT molecular complexity index is 372. The number of pyridine rings is 1. The number of nitrogens with zero attached hydrogens (tertiary/aromatic N) is 1. The van der Waals surface area contributed by atoms with Crippen molar-refractivity contribution in [2.45, 2.75) is 19.1 Å². The van der Waals surface area contributed by atoms with E-state index in [2.05, 4.69) is 20.9 Å². The Kier molecular flexibility index (Phi) is 3.78. The Labute approximate surface area is 103 Å². The van der Waals surface area contributed by atoms with Gasteiger partial charge in [0, 0.05) is 7.11 Å². The van der Waals surface area contributed by atoms with E-state index in [1.54, 1.807) is 13.3 Å². The highest BCUT2D eigenvalue weighted by Gasteiger charge is 2.30. The van der Waals surface area contributed by atoms with E-state index in [-0.39, 0.29) is 12.2 Å². The lowest BCUT2D eigenvalue weighted by Crippen LogP contribution is -2.31. The summed E-state index contributed by atoms with van der Waals surface area (Å²) in [7, 11) is 1.67. The van der Waals surface area contributed by atoms with Crippen LogP contribution in [-0.2, 0) is 9.47 Å². The lowest BCUT2D eigenvalue weighted by atomic mass is 10.2. The first-order valence-corrected chi connectivity index (χ1v) is 5.89. The molecule has 2 heterocycles. The lowest BCUT2D eigenvalue weighted by Gasteiger charge is -2.18. The van der Waals surface area contributed by atoms with Crippen molar-refractivity contribution in [3.8, 4) is 5.75 Å². The Morgan fingerprint density at radius 1 is 1.44 bits per heavy atom. The summed E-state index contributed by atoms with van der Waals surface area (Å²) in [6.45, 7) is 3.13. The van der Waals surface area contributed by atoms with Gasteiger partial charge in [0.25, 0.3) is 0 Å². The second kappa shape index (κ2) is 5.12. The van der Waals surface area contributed by atoms with Crippen LogP contribution in [0.4, 0.5) is 0 Å². The average molecular weight is 288 g/mol. The number of aromatic nitrogens is 1. The molecule has 4 nitrogen and oxygen atoms in total. The minimum Gasteiger partial charge on any atom is -0.484 e. The molecule has 1 saturated heterocycles. The Hall–Kier alpha value is -0.650. The van der Waals surface area contributed by atoms with Gasteiger partial charge in [-0.25, -0.2) is 4.98 Å². The van der Waals surface area contributed by atoms with Crippen LogP contribution in [0.3, 0.4) is 0 Å². The summed E-state index contributed by atoms with van der Waals surface area (Å²) in [5.74, 6) is 0.748. The summed E-state index contributed by atoms with van der Waals surface area (Å²) in [4.78, 5) is 4.18. The third-order valence-electron chi connectivity index (χ3n) is 2.56. The van der Waals surface area contributed by atoms with Gasteiger partial charge in [-0.2, -0.15) is 0 Å². The van der Waals surface area contributed by atoms with Crippen molar-refractivity contribution < 1.29 is 14.2 Å². The van der Waals surface area contributed by atoms with Crippen molar-refractivity contribution in [2.24, 2.45) is 0 Å². The molecule has 88 valence electrons. The van der Waals surface area contributed by atoms with E-state index in [0.29, 0.717) is 13.2 Å². The normalized spacial score (nSPS) is 24.7. The van der Waals surface area contributed by atoms with Crippen molar-refractivity contribution in [3.05, 3.63) is 22.4 Å². The minimum absolute atomic E-state index is 0.00366. The molecule has 0 N–H and O–H groups in total. The van der Waals surface area contributed by atoms with Gasteiger partial charge in [-0.15, -0.1) is 0 Å². The second-order valence-electron chi connectivity index (χ2n) is 3.75. The third-order valence-corrected chi connectivity index (χ3v) is 3.39. The van der Waals surface area contributed by atoms with Gasteiger partial charge in [0.2, 0.25) is 0 Å². The Balaban J connectivity index is 2.05. The van der Waals surface area contributed by atoms with Gasteiger partial charge in [-0.3, -0.25) is 0 Å². The van der Waals surface area contributed by atoms with Crippen molar-refractivity contribution >= 4 is 15.9 Å². The van der Waals surface area contributed by atoms with E-state index in [1.807, 2.05) is 13.0 Å². The summed E-state index contributed by atoms with van der Waals surface area (Å²) >= 11 is 3.35. The maximum atomic E-state index is 5.78. The summed E-state index contributed by atoms with van der Waals surface area (Å²) in [5, 5.41) is 0. The molecular formula is C11H14BrNO3. The van der Waals surface area contributed by atoms with Crippen molar-refractivity contribution in [3.63, 3.8) is 0 Å². The zero-order valence-electron chi connectivity index (χ0n) is 9.27. The van der Waals surface area contributed by atoms with Crippen LogP contribution in [0.15, 0.2) is 16.9 Å². The van der Waals surface area contributed by atoms with E-state index in [1.165, 1.54) is 0 Å². The lowest BCUT2D eigenvalue weighted by molar-refractivity contribution is 0.0324. The molecule has 0 spiro atoms. The minimum atomic E-state index is -0.0487. The van der Waals surface area contributed by atoms with Crippen LogP contribution in [0.25, 0.3) is 0 Å². The molecule has 1 fully saturated rings. The molecule has 1 aromatic rings. The van der Waals surface area contributed by atoms with Gasteiger partial charge in [-0.05, 0) is 34.5 Å². The molecule has 5 heteroatoms. The van der Waals surface area contributed by atoms with Crippen LogP contribution in [-0.4, -0.2) is 37.5 Å². The number of rotatable bonds is 3. The SMILES string of the molecule is CO[C@H]1COC[C@@H]1Oc1cnc(Br)c(C)c1. The monoisotopic (exact) mass is 287 g/mol. The fraction of sp³-hybridized carbons (Fsp3) is 0.545. The van der Waals surface area contributed by atoms with Crippen molar-refractivity contribution in [2.75, 3.05) is 20.3 Å². The topological polar surface area (TPSA) is 40.6 Å². The number of ether oxygens (including phenoxy) is 3. The molecule has 1 aliphatic rings. The summed E-state index contributed by atoms with van der Waals surface area (Å²) in [5.41, 5.74) is 1.05. The molecular weight excluding hydrogens is 274 g/mol. The molecule has 0 saturated carbocycles. The van der Waals surface area contributed by atoms with Gasteiger partial charge >= 0.3 is 0 Å². The molecule has 2 atom stereocenters. The number of halogens is 1. The van der Waals surface area contributed by atoms with Gasteiger partial charge in [0.1, 0.15) is 16.5 Å². The average Bonchev–Trinajstić information content (AvgIpc) is 2.71. The quantitative estimate of drug-likeness (QED) is 0.797. The molecule has 2 rings (SSSR count). The van der Waals surface area contributed by atoms with Gasteiger partial charge in [0.15, 0.2) is 6.10 Å². The molecule has 0 aliphatic carbocycles. The summed E-state index contributed by atoms with van der Waals surface area (Å²) < 4.78 is 17.2. The predicted molar refractivity (Wildman–Crippen MR) is 62.7 cm³/mol. The van der Waals surface area contributed by atoms with Gasteiger partial charge in [-0.1, -0.05) is 0 Å². The Morgan fingerprint density at radius 3 is 2.88 bits per heavy atom. The van der Waals surface area contributed by atoms with Crippen LogP contribution in [0.1, 0.15) is 5.56 Å². The molecule has 16 heavy (non-hydrogen) atoms. The zero-order valence-corrected chi connectivity index (χ0v) is 10.9. The van der Waals surface area contributed by atoms with Crippen LogP contribution in [0.2, 0.25) is 0 Å². The van der Waals surface area contributed by atoms with Gasteiger partial charge in [0.05, 0.1) is 19.4 Å². The molecule has 0 aromatic carbocycles. The highest BCUT2D eigenvalue weighted by molar-refractivity contribution is 9.10. The van der Waals surface area contributed by atoms with E-state index < -0.39 is 0 Å². The number of aryl methyl sites for hydroxylation is 1. The number of hydrogen-bond donors (Lipinski definition) is 0. The second-order valence-corrected chi connectivity index (χ2v) is 4.50. The zero-order chi connectivity index (χ0) is 11.5. The summed E-state index contributed by atoms with van der Waals surface area (Å²) in [6.07, 6.45) is 1.65. The number of hydrogen-bond acceptors (Lipinski definition) is 4. The number of methoxy groups -OCH3 is 1. The molecule has 1 aromatic heterocycles. The highest BCUT2D eigenvalue weighted by Crippen LogP contribution is 2.22. The van der Waals surface area contributed by atoms with E-state index in [4.69, 9.17) is 14.2 Å². The van der Waals surface area contributed by atoms with Crippen LogP contribution < -0.4 is 4.74 Å². The molecule has 0 bridgehead atoms. The van der Waals surface area contributed by atoms with Crippen LogP contribution in [0, 0.1) is 6.92 Å². The van der Waals surface area contributed by atoms with Gasteiger partial charge < -0.3 is 14.2 Å².